The standard InChI is InChI=1S/C28H38N4O3/c1-22(2)30(3)28-25(27(29-35-28)24-12-8-5-9-13-24)20-32(15-14-31-16-18-34-19-17-31)21-26(33)23-10-6-4-7-11-23/h4-13,22,26,33H,14-21H2,1-3H3/t26-/m1/s1. The molecule has 2 aromatic carbocycles. The molecule has 1 saturated heterocycles. The minimum Gasteiger partial charge on any atom is -0.387 e. The summed E-state index contributed by atoms with van der Waals surface area (Å²) in [6.07, 6.45) is -0.577. The lowest BCUT2D eigenvalue weighted by molar-refractivity contribution is 0.0291. The summed E-state index contributed by atoms with van der Waals surface area (Å²) in [7, 11) is 2.04. The third-order valence-corrected chi connectivity index (χ3v) is 6.74. The summed E-state index contributed by atoms with van der Waals surface area (Å²) in [6.45, 7) is 10.6. The van der Waals surface area contributed by atoms with Gasteiger partial charge in [-0.3, -0.25) is 9.80 Å². The lowest BCUT2D eigenvalue weighted by atomic mass is 10.1. The zero-order valence-corrected chi connectivity index (χ0v) is 21.1. The third kappa shape index (κ3) is 6.70. The van der Waals surface area contributed by atoms with Gasteiger partial charge in [0.15, 0.2) is 0 Å². The van der Waals surface area contributed by atoms with Gasteiger partial charge < -0.3 is 19.3 Å². The highest BCUT2D eigenvalue weighted by Gasteiger charge is 2.25. The summed E-state index contributed by atoms with van der Waals surface area (Å²) in [6, 6.07) is 20.3. The Morgan fingerprint density at radius 2 is 1.66 bits per heavy atom. The van der Waals surface area contributed by atoms with Crippen molar-refractivity contribution in [3.8, 4) is 11.3 Å². The van der Waals surface area contributed by atoms with E-state index in [2.05, 4.69) is 45.8 Å². The van der Waals surface area contributed by atoms with Gasteiger partial charge in [-0.15, -0.1) is 0 Å². The molecular weight excluding hydrogens is 440 g/mol. The fourth-order valence-corrected chi connectivity index (χ4v) is 4.37. The number of benzene rings is 2. The maximum Gasteiger partial charge on any atom is 0.232 e. The van der Waals surface area contributed by atoms with Crippen molar-refractivity contribution in [3.63, 3.8) is 0 Å². The van der Waals surface area contributed by atoms with Crippen LogP contribution in [0.4, 0.5) is 5.88 Å². The van der Waals surface area contributed by atoms with Gasteiger partial charge >= 0.3 is 0 Å². The Kier molecular flexibility index (Phi) is 8.93. The predicted molar refractivity (Wildman–Crippen MR) is 139 cm³/mol. The van der Waals surface area contributed by atoms with E-state index in [1.54, 1.807) is 0 Å². The molecule has 0 unspecified atom stereocenters. The summed E-state index contributed by atoms with van der Waals surface area (Å²) in [5.74, 6) is 0.782. The van der Waals surface area contributed by atoms with Crippen LogP contribution >= 0.6 is 0 Å². The van der Waals surface area contributed by atoms with Gasteiger partial charge in [0, 0.05) is 57.9 Å². The lowest BCUT2D eigenvalue weighted by Gasteiger charge is -2.31. The molecule has 4 rings (SSSR count). The van der Waals surface area contributed by atoms with E-state index >= 15 is 0 Å². The molecule has 0 saturated carbocycles. The van der Waals surface area contributed by atoms with Crippen LogP contribution in [-0.2, 0) is 11.3 Å². The van der Waals surface area contributed by atoms with E-state index in [0.29, 0.717) is 13.1 Å². The van der Waals surface area contributed by atoms with E-state index in [9.17, 15) is 5.11 Å². The average molecular weight is 479 g/mol. The van der Waals surface area contributed by atoms with E-state index in [4.69, 9.17) is 9.26 Å². The van der Waals surface area contributed by atoms with Crippen molar-refractivity contribution < 1.29 is 14.4 Å². The molecule has 0 spiro atoms. The molecule has 3 aromatic rings. The van der Waals surface area contributed by atoms with Crippen molar-refractivity contribution in [1.29, 1.82) is 0 Å². The van der Waals surface area contributed by atoms with Gasteiger partial charge in [0.05, 0.1) is 24.9 Å². The first-order chi connectivity index (χ1) is 17.0. The normalized spacial score (nSPS) is 15.6. The van der Waals surface area contributed by atoms with Gasteiger partial charge in [0.2, 0.25) is 5.88 Å². The second-order valence-electron chi connectivity index (χ2n) is 9.50. The van der Waals surface area contributed by atoms with E-state index in [0.717, 1.165) is 67.7 Å². The largest absolute Gasteiger partial charge is 0.387 e. The first kappa shape index (κ1) is 25.4. The van der Waals surface area contributed by atoms with Crippen LogP contribution in [0.3, 0.4) is 0 Å². The minimum absolute atomic E-state index is 0.266. The molecule has 1 atom stereocenters. The molecule has 1 aliphatic rings. The zero-order valence-electron chi connectivity index (χ0n) is 21.1. The van der Waals surface area contributed by atoms with Gasteiger partial charge in [-0.1, -0.05) is 65.8 Å². The highest BCUT2D eigenvalue weighted by Crippen LogP contribution is 2.33. The molecule has 0 bridgehead atoms. The number of hydrogen-bond acceptors (Lipinski definition) is 7. The van der Waals surface area contributed by atoms with Crippen LogP contribution in [0.25, 0.3) is 11.3 Å². The predicted octanol–water partition coefficient (Wildman–Crippen LogP) is 4.05. The molecule has 0 amide bonds. The smallest absolute Gasteiger partial charge is 0.232 e. The molecule has 35 heavy (non-hydrogen) atoms. The highest BCUT2D eigenvalue weighted by atomic mass is 16.5. The fraction of sp³-hybridized carbons (Fsp3) is 0.464. The molecule has 2 heterocycles. The monoisotopic (exact) mass is 478 g/mol. The van der Waals surface area contributed by atoms with Gasteiger partial charge in [0.1, 0.15) is 5.69 Å². The van der Waals surface area contributed by atoms with Crippen LogP contribution in [0.15, 0.2) is 65.2 Å². The highest BCUT2D eigenvalue weighted by molar-refractivity contribution is 5.68. The molecule has 7 heteroatoms. The maximum absolute atomic E-state index is 11.1. The number of rotatable bonds is 11. The Labute approximate surface area is 208 Å². The fourth-order valence-electron chi connectivity index (χ4n) is 4.37. The molecule has 1 aliphatic heterocycles. The van der Waals surface area contributed by atoms with Crippen molar-refractivity contribution in [2.75, 3.05) is 57.9 Å². The van der Waals surface area contributed by atoms with Crippen LogP contribution < -0.4 is 4.90 Å². The number of morpholine rings is 1. The Bertz CT molecular complexity index is 1020. The van der Waals surface area contributed by atoms with Crippen LogP contribution in [0.1, 0.15) is 31.1 Å². The molecule has 1 N–H and O–H groups in total. The number of anilines is 1. The summed E-state index contributed by atoms with van der Waals surface area (Å²) in [5.41, 5.74) is 3.87. The summed E-state index contributed by atoms with van der Waals surface area (Å²) >= 11 is 0. The first-order valence-corrected chi connectivity index (χ1v) is 12.5. The van der Waals surface area contributed by atoms with Crippen LogP contribution in [0.2, 0.25) is 0 Å². The van der Waals surface area contributed by atoms with E-state index in [1.807, 2.05) is 55.6 Å². The van der Waals surface area contributed by atoms with E-state index in [-0.39, 0.29) is 6.04 Å². The van der Waals surface area contributed by atoms with Crippen molar-refractivity contribution >= 4 is 5.88 Å². The number of aliphatic hydroxyl groups is 1. The third-order valence-electron chi connectivity index (χ3n) is 6.74. The minimum atomic E-state index is -0.577. The number of ether oxygens (including phenoxy) is 1. The SMILES string of the molecule is CC(C)N(C)c1onc(-c2ccccc2)c1CN(CCN1CCOCC1)C[C@@H](O)c1ccccc1. The number of aromatic nitrogens is 1. The van der Waals surface area contributed by atoms with Gasteiger partial charge in [-0.05, 0) is 19.4 Å². The molecule has 1 aromatic heterocycles. The quantitative estimate of drug-likeness (QED) is 0.446. The number of hydrogen-bond donors (Lipinski definition) is 1. The molecular formula is C28H38N4O3. The van der Waals surface area contributed by atoms with Crippen LogP contribution in [0, 0.1) is 0 Å². The van der Waals surface area contributed by atoms with Crippen molar-refractivity contribution in [1.82, 2.24) is 15.0 Å². The van der Waals surface area contributed by atoms with E-state index < -0.39 is 6.10 Å². The second-order valence-corrected chi connectivity index (χ2v) is 9.50. The summed E-state index contributed by atoms with van der Waals surface area (Å²) in [5, 5.41) is 15.6. The molecule has 0 radical (unpaired) electrons. The lowest BCUT2D eigenvalue weighted by Crippen LogP contribution is -2.42. The zero-order chi connectivity index (χ0) is 24.6. The van der Waals surface area contributed by atoms with E-state index in [1.165, 1.54) is 0 Å². The van der Waals surface area contributed by atoms with Crippen LogP contribution in [0.5, 0.6) is 0 Å². The van der Waals surface area contributed by atoms with Crippen molar-refractivity contribution in [2.45, 2.75) is 32.5 Å². The topological polar surface area (TPSA) is 65.2 Å². The van der Waals surface area contributed by atoms with Gasteiger partial charge in [-0.25, -0.2) is 0 Å². The molecule has 7 nitrogen and oxygen atoms in total. The summed E-state index contributed by atoms with van der Waals surface area (Å²) in [4.78, 5) is 6.88. The van der Waals surface area contributed by atoms with Gasteiger partial charge in [-0.2, -0.15) is 0 Å². The van der Waals surface area contributed by atoms with Gasteiger partial charge in [0.25, 0.3) is 0 Å². The first-order valence-electron chi connectivity index (χ1n) is 12.5. The Morgan fingerprint density at radius 1 is 1.00 bits per heavy atom. The Balaban J connectivity index is 1.61. The maximum atomic E-state index is 11.1. The van der Waals surface area contributed by atoms with Crippen molar-refractivity contribution in [2.24, 2.45) is 0 Å². The molecule has 188 valence electrons. The number of aliphatic hydroxyl groups excluding tert-OH is 1. The summed E-state index contributed by atoms with van der Waals surface area (Å²) < 4.78 is 11.4. The Morgan fingerprint density at radius 3 is 2.31 bits per heavy atom. The van der Waals surface area contributed by atoms with Crippen LogP contribution in [-0.4, -0.2) is 79.1 Å². The average Bonchev–Trinajstić information content (AvgIpc) is 3.31. The van der Waals surface area contributed by atoms with Crippen molar-refractivity contribution in [3.05, 3.63) is 71.8 Å². The molecule has 0 aliphatic carbocycles. The number of nitrogens with zero attached hydrogens (tertiary/aromatic N) is 4. The molecule has 1 fully saturated rings. The Hall–Kier alpha value is -2.71. The second kappa shape index (κ2) is 12.3.